The van der Waals surface area contributed by atoms with E-state index in [1.54, 1.807) is 19.2 Å². The van der Waals surface area contributed by atoms with Crippen LogP contribution in [0.1, 0.15) is 49.0 Å². The van der Waals surface area contributed by atoms with Crippen LogP contribution >= 0.6 is 0 Å². The van der Waals surface area contributed by atoms with Gasteiger partial charge in [0.1, 0.15) is 24.7 Å². The summed E-state index contributed by atoms with van der Waals surface area (Å²) < 4.78 is 10.5. The third-order valence-corrected chi connectivity index (χ3v) is 7.30. The van der Waals surface area contributed by atoms with E-state index in [2.05, 4.69) is 21.2 Å². The maximum absolute atomic E-state index is 12.4. The molecule has 4 bridgehead atoms. The lowest BCUT2D eigenvalue weighted by Crippen LogP contribution is -2.60. The van der Waals surface area contributed by atoms with E-state index in [9.17, 15) is 14.4 Å². The van der Waals surface area contributed by atoms with Gasteiger partial charge in [-0.15, -0.1) is 0 Å². The average Bonchev–Trinajstić information content (AvgIpc) is 3.19. The van der Waals surface area contributed by atoms with E-state index >= 15 is 0 Å². The van der Waals surface area contributed by atoms with Gasteiger partial charge in [0.15, 0.2) is 0 Å². The summed E-state index contributed by atoms with van der Waals surface area (Å²) in [6.07, 6.45) is 7.13. The van der Waals surface area contributed by atoms with Crippen LogP contribution in [0.5, 0.6) is 5.75 Å². The molecular formula is C24H30N4O5. The zero-order valence-electron chi connectivity index (χ0n) is 18.7. The smallest absolute Gasteiger partial charge is 0.286 e. The van der Waals surface area contributed by atoms with Gasteiger partial charge in [-0.05, 0) is 80.5 Å². The highest BCUT2D eigenvalue weighted by Crippen LogP contribution is 2.55. The largest absolute Gasteiger partial charge is 0.497 e. The number of carbonyl (C=O) groups is 3. The third-order valence-electron chi connectivity index (χ3n) is 7.30. The van der Waals surface area contributed by atoms with E-state index in [-0.39, 0.29) is 24.7 Å². The molecule has 6 rings (SSSR count). The second kappa shape index (κ2) is 8.70. The van der Waals surface area contributed by atoms with Crippen molar-refractivity contribution in [3.8, 4) is 5.75 Å². The summed E-state index contributed by atoms with van der Waals surface area (Å²) in [4.78, 5) is 39.8. The molecule has 2 aromatic rings. The lowest BCUT2D eigenvalue weighted by atomic mass is 9.53. The van der Waals surface area contributed by atoms with Crippen LogP contribution in [0.2, 0.25) is 0 Å². The Morgan fingerprint density at radius 1 is 0.970 bits per heavy atom. The molecule has 1 aromatic heterocycles. The molecular weight excluding hydrogens is 424 g/mol. The Balaban J connectivity index is 1.04. The number of carbonyl (C=O) groups excluding carboxylic acids is 3. The fourth-order valence-corrected chi connectivity index (χ4v) is 6.42. The second-order valence-corrected chi connectivity index (χ2v) is 9.88. The van der Waals surface area contributed by atoms with Crippen molar-refractivity contribution in [2.75, 3.05) is 20.3 Å². The van der Waals surface area contributed by atoms with Crippen LogP contribution in [-0.4, -0.2) is 48.6 Å². The summed E-state index contributed by atoms with van der Waals surface area (Å²) in [6.45, 7) is -0.495. The van der Waals surface area contributed by atoms with Gasteiger partial charge in [0.05, 0.1) is 7.11 Å². The minimum Gasteiger partial charge on any atom is -0.497 e. The molecule has 0 unspecified atom stereocenters. The number of amides is 3. The molecule has 9 nitrogen and oxygen atoms in total. The molecule has 3 amide bonds. The van der Waals surface area contributed by atoms with E-state index in [4.69, 9.17) is 9.47 Å². The summed E-state index contributed by atoms with van der Waals surface area (Å²) in [5.41, 5.74) is 5.66. The fraction of sp³-hybridized carbons (Fsp3) is 0.542. The molecule has 4 aliphatic rings. The molecule has 1 heterocycles. The molecule has 0 atom stereocenters. The first kappa shape index (κ1) is 21.8. The molecule has 9 heteroatoms. The number of aromatic amines is 1. The Labute approximate surface area is 191 Å². The van der Waals surface area contributed by atoms with Gasteiger partial charge in [-0.1, -0.05) is 0 Å². The zero-order chi connectivity index (χ0) is 23.0. The molecule has 176 valence electrons. The number of rotatable bonds is 7. The maximum atomic E-state index is 12.4. The second-order valence-electron chi connectivity index (χ2n) is 9.88. The highest BCUT2D eigenvalue weighted by Gasteiger charge is 2.51. The number of benzene rings is 1. The van der Waals surface area contributed by atoms with Gasteiger partial charge < -0.3 is 19.8 Å². The molecule has 0 saturated heterocycles. The summed E-state index contributed by atoms with van der Waals surface area (Å²) >= 11 is 0. The minimum absolute atomic E-state index is 0.0744. The topological polar surface area (TPSA) is 122 Å². The van der Waals surface area contributed by atoms with Crippen LogP contribution in [-0.2, 0) is 14.3 Å². The van der Waals surface area contributed by atoms with Crippen molar-refractivity contribution in [2.45, 2.75) is 44.1 Å². The number of hydrogen-bond donors (Lipinski definition) is 4. The molecule has 0 spiro atoms. The predicted octanol–water partition coefficient (Wildman–Crippen LogP) is 2.04. The van der Waals surface area contributed by atoms with Crippen molar-refractivity contribution in [3.05, 3.63) is 30.0 Å². The lowest BCUT2D eigenvalue weighted by Gasteiger charge is -2.56. The van der Waals surface area contributed by atoms with Gasteiger partial charge in [0.25, 0.3) is 11.8 Å². The number of aromatic nitrogens is 1. The standard InChI is InChI=1S/C24H30N4O5/c1-32-18-2-3-19-17(7-18)8-20(25-19)23(31)28-27-22(30)13-33-12-21(29)26-24-9-14-4-15(10-24)6-16(5-14)11-24/h2-3,7-8,14-16,25H,4-6,9-13H2,1H3,(H,26,29)(H,27,30)(H,28,31). The number of methoxy groups -OCH3 is 1. The van der Waals surface area contributed by atoms with Crippen molar-refractivity contribution >= 4 is 28.6 Å². The van der Waals surface area contributed by atoms with E-state index in [0.717, 1.165) is 47.9 Å². The van der Waals surface area contributed by atoms with Gasteiger partial charge in [0.2, 0.25) is 5.91 Å². The van der Waals surface area contributed by atoms with Gasteiger partial charge in [-0.25, -0.2) is 0 Å². The van der Waals surface area contributed by atoms with Gasteiger partial charge in [-0.2, -0.15) is 0 Å². The van der Waals surface area contributed by atoms with E-state index in [1.165, 1.54) is 19.3 Å². The number of hydrogen-bond acceptors (Lipinski definition) is 5. The Bertz CT molecular complexity index is 1040. The molecule has 4 N–H and O–H groups in total. The van der Waals surface area contributed by atoms with E-state index < -0.39 is 11.8 Å². The van der Waals surface area contributed by atoms with Gasteiger partial charge in [-0.3, -0.25) is 25.2 Å². The van der Waals surface area contributed by atoms with Crippen molar-refractivity contribution in [3.63, 3.8) is 0 Å². The van der Waals surface area contributed by atoms with E-state index in [0.29, 0.717) is 11.4 Å². The Morgan fingerprint density at radius 3 is 2.30 bits per heavy atom. The molecule has 1 aromatic carbocycles. The molecule has 4 aliphatic carbocycles. The van der Waals surface area contributed by atoms with Crippen molar-refractivity contribution in [1.82, 2.24) is 21.2 Å². The summed E-state index contributed by atoms with van der Waals surface area (Å²) in [6, 6.07) is 7.08. The molecule has 0 radical (unpaired) electrons. The van der Waals surface area contributed by atoms with Crippen LogP contribution in [0.4, 0.5) is 0 Å². The quantitative estimate of drug-likeness (QED) is 0.477. The first-order valence-corrected chi connectivity index (χ1v) is 11.6. The van der Waals surface area contributed by atoms with Crippen molar-refractivity contribution in [2.24, 2.45) is 17.8 Å². The Kier molecular flexibility index (Phi) is 5.74. The maximum Gasteiger partial charge on any atom is 0.286 e. The molecule has 0 aliphatic heterocycles. The zero-order valence-corrected chi connectivity index (χ0v) is 18.7. The van der Waals surface area contributed by atoms with Crippen LogP contribution in [0.25, 0.3) is 10.9 Å². The van der Waals surface area contributed by atoms with Crippen LogP contribution in [0.15, 0.2) is 24.3 Å². The predicted molar refractivity (Wildman–Crippen MR) is 120 cm³/mol. The highest BCUT2D eigenvalue weighted by atomic mass is 16.5. The first-order valence-electron chi connectivity index (χ1n) is 11.6. The van der Waals surface area contributed by atoms with Crippen LogP contribution in [0.3, 0.4) is 0 Å². The number of hydrazine groups is 1. The summed E-state index contributed by atoms with van der Waals surface area (Å²) in [5, 5.41) is 4.03. The lowest BCUT2D eigenvalue weighted by molar-refractivity contribution is -0.134. The Morgan fingerprint density at radius 2 is 1.64 bits per heavy atom. The number of nitrogens with one attached hydrogen (secondary N) is 4. The van der Waals surface area contributed by atoms with Crippen molar-refractivity contribution < 1.29 is 23.9 Å². The molecule has 4 saturated carbocycles. The monoisotopic (exact) mass is 454 g/mol. The first-order chi connectivity index (χ1) is 15.9. The summed E-state index contributed by atoms with van der Waals surface area (Å²) in [7, 11) is 1.58. The number of fused-ring (bicyclic) bond motifs is 1. The van der Waals surface area contributed by atoms with Crippen LogP contribution < -0.4 is 20.9 Å². The van der Waals surface area contributed by atoms with Crippen LogP contribution in [0, 0.1) is 17.8 Å². The Hall–Kier alpha value is -3.07. The average molecular weight is 455 g/mol. The number of ether oxygens (including phenoxy) is 2. The van der Waals surface area contributed by atoms with Gasteiger partial charge >= 0.3 is 0 Å². The highest BCUT2D eigenvalue weighted by molar-refractivity contribution is 5.99. The minimum atomic E-state index is -0.538. The number of H-pyrrole nitrogens is 1. The normalized spacial score (nSPS) is 27.4. The van der Waals surface area contributed by atoms with Gasteiger partial charge in [0, 0.05) is 16.4 Å². The molecule has 4 fully saturated rings. The third kappa shape index (κ3) is 4.68. The molecule has 33 heavy (non-hydrogen) atoms. The fourth-order valence-electron chi connectivity index (χ4n) is 6.42. The van der Waals surface area contributed by atoms with E-state index in [1.807, 2.05) is 12.1 Å². The SMILES string of the molecule is COc1ccc2[nH]c(C(=O)NNC(=O)COCC(=O)NC34CC5CC(CC(C5)C3)C4)cc2c1. The summed E-state index contributed by atoms with van der Waals surface area (Å²) in [5.74, 6) is 1.71. The van der Waals surface area contributed by atoms with Crippen molar-refractivity contribution in [1.29, 1.82) is 0 Å².